The van der Waals surface area contributed by atoms with E-state index >= 15 is 0 Å². The van der Waals surface area contributed by atoms with E-state index in [0.29, 0.717) is 35.6 Å². The molecule has 1 amide bonds. The van der Waals surface area contributed by atoms with Gasteiger partial charge in [0, 0.05) is 23.7 Å². The van der Waals surface area contributed by atoms with E-state index in [1.807, 2.05) is 38.3 Å². The molecule has 3 aromatic heterocycles. The summed E-state index contributed by atoms with van der Waals surface area (Å²) in [5, 5.41) is 9.43. The van der Waals surface area contributed by atoms with Gasteiger partial charge in [-0.25, -0.2) is 4.98 Å². The summed E-state index contributed by atoms with van der Waals surface area (Å²) < 4.78 is 1.49. The average Bonchev–Trinajstić information content (AvgIpc) is 3.23. The molecule has 0 bridgehead atoms. The first-order chi connectivity index (χ1) is 12.9. The van der Waals surface area contributed by atoms with Gasteiger partial charge in [0.1, 0.15) is 11.5 Å². The first-order valence-electron chi connectivity index (χ1n) is 8.93. The van der Waals surface area contributed by atoms with E-state index < -0.39 is 0 Å². The Hall–Kier alpha value is -2.74. The Kier molecular flexibility index (Phi) is 5.55. The van der Waals surface area contributed by atoms with Crippen LogP contribution in [0.15, 0.2) is 28.4 Å². The molecule has 0 saturated carbocycles. The highest BCUT2D eigenvalue weighted by atomic mass is 32.1. The number of carbonyl (C=O) groups is 1. The smallest absolute Gasteiger partial charge is 0.255 e. The molecule has 0 aliphatic heterocycles. The number of hydrogen-bond donors (Lipinski definition) is 2. The van der Waals surface area contributed by atoms with E-state index in [0.717, 1.165) is 4.88 Å². The van der Waals surface area contributed by atoms with Crippen molar-refractivity contribution in [1.29, 1.82) is 0 Å². The minimum atomic E-state index is -0.187. The number of nitrogens with one attached hydrogen (secondary N) is 2. The molecule has 3 heterocycles. The van der Waals surface area contributed by atoms with Crippen LogP contribution in [0, 0.1) is 12.8 Å². The van der Waals surface area contributed by atoms with E-state index in [-0.39, 0.29) is 23.3 Å². The second kappa shape index (κ2) is 7.87. The third-order valence-corrected chi connectivity index (χ3v) is 5.00. The number of amides is 1. The lowest BCUT2D eigenvalue weighted by Gasteiger charge is -2.10. The third kappa shape index (κ3) is 4.16. The first kappa shape index (κ1) is 19.0. The summed E-state index contributed by atoms with van der Waals surface area (Å²) in [4.78, 5) is 32.9. The summed E-state index contributed by atoms with van der Waals surface area (Å²) in [6.45, 7) is 7.69. The summed E-state index contributed by atoms with van der Waals surface area (Å²) in [5.74, 6) is 0.906. The van der Waals surface area contributed by atoms with Gasteiger partial charge in [0.05, 0.1) is 4.88 Å². The molecule has 0 aliphatic carbocycles. The van der Waals surface area contributed by atoms with Crippen molar-refractivity contribution in [2.75, 3.05) is 5.32 Å². The van der Waals surface area contributed by atoms with Crippen molar-refractivity contribution in [3.05, 3.63) is 45.2 Å². The van der Waals surface area contributed by atoms with Crippen molar-refractivity contribution in [2.24, 2.45) is 5.92 Å². The largest absolute Gasteiger partial charge is 0.310 e. The predicted molar refractivity (Wildman–Crippen MR) is 107 cm³/mol. The molecule has 142 valence electrons. The van der Waals surface area contributed by atoms with Crippen LogP contribution < -0.4 is 10.9 Å². The van der Waals surface area contributed by atoms with Gasteiger partial charge >= 0.3 is 0 Å². The molecular weight excluding hydrogens is 362 g/mol. The molecule has 0 atom stereocenters. The van der Waals surface area contributed by atoms with Gasteiger partial charge in [-0.15, -0.1) is 11.3 Å². The number of anilines is 1. The molecule has 3 rings (SSSR count). The number of hydrogen-bond acceptors (Lipinski definition) is 5. The van der Waals surface area contributed by atoms with Crippen molar-refractivity contribution in [1.82, 2.24) is 19.7 Å². The fourth-order valence-corrected chi connectivity index (χ4v) is 3.53. The molecule has 0 saturated heterocycles. The zero-order chi connectivity index (χ0) is 19.6. The van der Waals surface area contributed by atoms with Crippen LogP contribution >= 0.6 is 11.3 Å². The summed E-state index contributed by atoms with van der Waals surface area (Å²) in [6.07, 6.45) is 1.00. The molecule has 3 aromatic rings. The van der Waals surface area contributed by atoms with Crippen LogP contribution in [-0.4, -0.2) is 25.7 Å². The summed E-state index contributed by atoms with van der Waals surface area (Å²) in [7, 11) is 0. The van der Waals surface area contributed by atoms with Crippen LogP contribution in [0.4, 0.5) is 5.82 Å². The normalized spacial score (nSPS) is 11.1. The molecular formula is C19H23N5O2S. The van der Waals surface area contributed by atoms with Crippen LogP contribution in [0.2, 0.25) is 0 Å². The van der Waals surface area contributed by atoms with Crippen LogP contribution in [0.1, 0.15) is 38.4 Å². The highest BCUT2D eigenvalue weighted by Crippen LogP contribution is 2.27. The van der Waals surface area contributed by atoms with Crippen LogP contribution in [0.3, 0.4) is 0 Å². The zero-order valence-corrected chi connectivity index (χ0v) is 16.7. The number of thiophene rings is 1. The zero-order valence-electron chi connectivity index (χ0n) is 15.9. The first-order valence-corrected chi connectivity index (χ1v) is 9.81. The second-order valence-electron chi connectivity index (χ2n) is 6.76. The number of nitrogens with zero attached hydrogens (tertiary/aromatic N) is 3. The van der Waals surface area contributed by atoms with Crippen LogP contribution in [0.25, 0.3) is 16.5 Å². The van der Waals surface area contributed by atoms with Gasteiger partial charge in [0.2, 0.25) is 11.9 Å². The third-order valence-electron chi connectivity index (χ3n) is 4.11. The standard InChI is InChI=1S/C19H23N5O2S/c1-5-13-12(4)20-19(22-18(13)26)24-16(21-17(25)9-11(2)3)10-14(23-24)15-7-6-8-27-15/h6-8,10-11H,5,9H2,1-4H3,(H,21,25)(H,20,22,26). The SMILES string of the molecule is CCc1c(C)nc(-n2nc(-c3cccs3)cc2NC(=O)CC(C)C)[nH]c1=O. The summed E-state index contributed by atoms with van der Waals surface area (Å²) in [5.41, 5.74) is 1.83. The molecule has 2 N–H and O–H groups in total. The number of aryl methyl sites for hydroxylation is 1. The Bertz CT molecular complexity index is 1000. The topological polar surface area (TPSA) is 92.7 Å². The quantitative estimate of drug-likeness (QED) is 0.679. The monoisotopic (exact) mass is 385 g/mol. The van der Waals surface area contributed by atoms with Gasteiger partial charge in [-0.1, -0.05) is 26.8 Å². The van der Waals surface area contributed by atoms with Crippen molar-refractivity contribution >= 4 is 23.1 Å². The number of rotatable bonds is 6. The molecule has 0 aliphatic rings. The van der Waals surface area contributed by atoms with Crippen molar-refractivity contribution in [3.63, 3.8) is 0 Å². The van der Waals surface area contributed by atoms with Crippen molar-refractivity contribution < 1.29 is 4.79 Å². The number of aromatic nitrogens is 4. The van der Waals surface area contributed by atoms with E-state index in [2.05, 4.69) is 20.4 Å². The molecule has 7 nitrogen and oxygen atoms in total. The Morgan fingerprint density at radius 2 is 2.19 bits per heavy atom. The van der Waals surface area contributed by atoms with Gasteiger partial charge in [0.15, 0.2) is 0 Å². The summed E-state index contributed by atoms with van der Waals surface area (Å²) >= 11 is 1.55. The lowest BCUT2D eigenvalue weighted by atomic mass is 10.1. The summed E-state index contributed by atoms with van der Waals surface area (Å²) in [6, 6.07) is 5.70. The van der Waals surface area contributed by atoms with E-state index in [1.165, 1.54) is 4.68 Å². The Morgan fingerprint density at radius 3 is 2.78 bits per heavy atom. The van der Waals surface area contributed by atoms with Gasteiger partial charge in [-0.2, -0.15) is 9.78 Å². The molecule has 0 radical (unpaired) electrons. The highest BCUT2D eigenvalue weighted by Gasteiger charge is 2.17. The van der Waals surface area contributed by atoms with Crippen LogP contribution in [-0.2, 0) is 11.2 Å². The maximum Gasteiger partial charge on any atom is 0.255 e. The predicted octanol–water partition coefficient (Wildman–Crippen LogP) is 3.54. The fraction of sp³-hybridized carbons (Fsp3) is 0.368. The number of H-pyrrole nitrogens is 1. The minimum absolute atomic E-state index is 0.104. The van der Waals surface area contributed by atoms with E-state index in [9.17, 15) is 9.59 Å². The fourth-order valence-electron chi connectivity index (χ4n) is 2.85. The van der Waals surface area contributed by atoms with Gasteiger partial charge in [0.25, 0.3) is 5.56 Å². The Labute approximate surface area is 161 Å². The second-order valence-corrected chi connectivity index (χ2v) is 7.70. The minimum Gasteiger partial charge on any atom is -0.310 e. The maximum atomic E-state index is 12.4. The lowest BCUT2D eigenvalue weighted by molar-refractivity contribution is -0.116. The molecule has 0 spiro atoms. The highest BCUT2D eigenvalue weighted by molar-refractivity contribution is 7.13. The van der Waals surface area contributed by atoms with Gasteiger partial charge < -0.3 is 5.32 Å². The van der Waals surface area contributed by atoms with Gasteiger partial charge in [-0.05, 0) is 30.7 Å². The van der Waals surface area contributed by atoms with Crippen molar-refractivity contribution in [3.8, 4) is 16.5 Å². The molecule has 0 aromatic carbocycles. The van der Waals surface area contributed by atoms with E-state index in [4.69, 9.17) is 0 Å². The van der Waals surface area contributed by atoms with Gasteiger partial charge in [-0.3, -0.25) is 14.6 Å². The molecule has 0 unspecified atom stereocenters. The van der Waals surface area contributed by atoms with E-state index in [1.54, 1.807) is 24.3 Å². The maximum absolute atomic E-state index is 12.4. The molecule has 8 heteroatoms. The number of carbonyl (C=O) groups excluding carboxylic acids is 1. The van der Waals surface area contributed by atoms with Crippen molar-refractivity contribution in [2.45, 2.75) is 40.5 Å². The molecule has 27 heavy (non-hydrogen) atoms. The average molecular weight is 385 g/mol. The lowest BCUT2D eigenvalue weighted by Crippen LogP contribution is -2.22. The Morgan fingerprint density at radius 1 is 1.41 bits per heavy atom. The number of aromatic amines is 1. The molecule has 0 fully saturated rings. The Balaban J connectivity index is 2.07. The van der Waals surface area contributed by atoms with Crippen LogP contribution in [0.5, 0.6) is 0 Å².